The highest BCUT2D eigenvalue weighted by Crippen LogP contribution is 2.64. The molecular weight excluding hydrogens is 320 g/mol. The maximum absolute atomic E-state index is 12.1. The van der Waals surface area contributed by atoms with Crippen LogP contribution in [0, 0.1) is 0 Å². The highest BCUT2D eigenvalue weighted by molar-refractivity contribution is 7.71. The fourth-order valence-corrected chi connectivity index (χ4v) is 6.03. The van der Waals surface area contributed by atoms with Crippen molar-refractivity contribution < 1.29 is 33.4 Å². The fourth-order valence-electron chi connectivity index (χ4n) is 2.50. The minimum atomic E-state index is -4.87. The van der Waals surface area contributed by atoms with Crippen molar-refractivity contribution >= 4 is 15.2 Å². The van der Waals surface area contributed by atoms with E-state index in [2.05, 4.69) is 11.1 Å². The van der Waals surface area contributed by atoms with Crippen molar-refractivity contribution in [3.63, 3.8) is 0 Å². The first kappa shape index (κ1) is 19.0. The molecule has 0 aromatic rings. The van der Waals surface area contributed by atoms with Gasteiger partial charge in [-0.25, -0.2) is 0 Å². The Morgan fingerprint density at radius 2 is 1.86 bits per heavy atom. The van der Waals surface area contributed by atoms with Crippen molar-refractivity contribution in [2.45, 2.75) is 37.3 Å². The van der Waals surface area contributed by atoms with Crippen LogP contribution in [-0.2, 0) is 13.7 Å². The van der Waals surface area contributed by atoms with Gasteiger partial charge in [0.25, 0.3) is 0 Å². The molecule has 4 N–H and O–H groups in total. The van der Waals surface area contributed by atoms with E-state index < -0.39 is 26.3 Å². The van der Waals surface area contributed by atoms with Crippen molar-refractivity contribution in [3.8, 4) is 0 Å². The zero-order chi connectivity index (χ0) is 16.3. The summed E-state index contributed by atoms with van der Waals surface area (Å²) in [6.07, 6.45) is 2.42. The predicted octanol–water partition coefficient (Wildman–Crippen LogP) is 1.07. The molecule has 0 aromatic heterocycles. The standard InChI is InChI=1S/C11H23NO7P2/c1-3-5-11(13)6-8-12(9-7-11)10(20(14,15)16)21(17,18)19-4-2/h3,10,13H,1,4-9H2,2H3,(H,17,18)(H2,14,15,16). The van der Waals surface area contributed by atoms with Crippen LogP contribution in [0.3, 0.4) is 0 Å². The molecule has 0 amide bonds. The van der Waals surface area contributed by atoms with E-state index in [1.807, 2.05) is 0 Å². The Kier molecular flexibility index (Phi) is 6.36. The molecule has 1 aliphatic rings. The summed E-state index contributed by atoms with van der Waals surface area (Å²) in [6.45, 7) is 5.09. The molecule has 0 radical (unpaired) electrons. The molecule has 0 aliphatic carbocycles. The minimum Gasteiger partial charge on any atom is -0.389 e. The van der Waals surface area contributed by atoms with E-state index in [1.54, 1.807) is 6.08 Å². The lowest BCUT2D eigenvalue weighted by Gasteiger charge is -2.41. The molecule has 1 heterocycles. The van der Waals surface area contributed by atoms with Crippen LogP contribution in [0.4, 0.5) is 0 Å². The maximum Gasteiger partial charge on any atom is 0.357 e. The zero-order valence-corrected chi connectivity index (χ0v) is 13.7. The Bertz CT molecular complexity index is 455. The quantitative estimate of drug-likeness (QED) is 0.399. The summed E-state index contributed by atoms with van der Waals surface area (Å²) >= 11 is 0. The normalized spacial score (nSPS) is 24.2. The van der Waals surface area contributed by atoms with Gasteiger partial charge in [-0.2, -0.15) is 0 Å². The van der Waals surface area contributed by atoms with Gasteiger partial charge in [0.05, 0.1) is 12.2 Å². The van der Waals surface area contributed by atoms with E-state index in [1.165, 1.54) is 11.8 Å². The molecule has 1 saturated heterocycles. The van der Waals surface area contributed by atoms with E-state index in [4.69, 9.17) is 0 Å². The van der Waals surface area contributed by atoms with Gasteiger partial charge in [0.2, 0.25) is 5.52 Å². The monoisotopic (exact) mass is 343 g/mol. The average Bonchev–Trinajstić information content (AvgIpc) is 2.30. The van der Waals surface area contributed by atoms with Crippen LogP contribution in [0.5, 0.6) is 0 Å². The van der Waals surface area contributed by atoms with E-state index in [9.17, 15) is 28.9 Å². The van der Waals surface area contributed by atoms with E-state index >= 15 is 0 Å². The largest absolute Gasteiger partial charge is 0.389 e. The van der Waals surface area contributed by atoms with Crippen molar-refractivity contribution in [1.29, 1.82) is 0 Å². The van der Waals surface area contributed by atoms with Gasteiger partial charge in [0.1, 0.15) is 0 Å². The van der Waals surface area contributed by atoms with Gasteiger partial charge >= 0.3 is 15.2 Å². The topological polar surface area (TPSA) is 128 Å². The van der Waals surface area contributed by atoms with Crippen molar-refractivity contribution in [1.82, 2.24) is 4.90 Å². The van der Waals surface area contributed by atoms with Gasteiger partial charge in [-0.3, -0.25) is 14.0 Å². The number of hydrogen-bond donors (Lipinski definition) is 4. The number of likely N-dealkylation sites (tertiary alicyclic amines) is 1. The number of aliphatic hydroxyl groups is 1. The van der Waals surface area contributed by atoms with E-state index in [0.717, 1.165) is 0 Å². The summed E-state index contributed by atoms with van der Waals surface area (Å²) in [6, 6.07) is 0. The molecular formula is C11H23NO7P2. The number of rotatable bonds is 7. The lowest BCUT2D eigenvalue weighted by Crippen LogP contribution is -2.48. The lowest BCUT2D eigenvalue weighted by atomic mass is 9.88. The molecule has 8 nitrogen and oxygen atoms in total. The highest BCUT2D eigenvalue weighted by Gasteiger charge is 2.51. The maximum atomic E-state index is 12.1. The van der Waals surface area contributed by atoms with Gasteiger partial charge in [-0.1, -0.05) is 6.08 Å². The number of piperidine rings is 1. The van der Waals surface area contributed by atoms with Crippen LogP contribution >= 0.6 is 15.2 Å². The first-order valence-corrected chi connectivity index (χ1v) is 9.98. The summed E-state index contributed by atoms with van der Waals surface area (Å²) in [5.74, 6) is 0. The molecule has 0 bridgehead atoms. The third kappa shape index (κ3) is 4.98. The molecule has 2 unspecified atom stereocenters. The van der Waals surface area contributed by atoms with Crippen LogP contribution in [-0.4, -0.2) is 55.5 Å². The Balaban J connectivity index is 2.92. The Labute approximate surface area is 124 Å². The van der Waals surface area contributed by atoms with Crippen LogP contribution in [0.25, 0.3) is 0 Å². The van der Waals surface area contributed by atoms with Crippen LogP contribution in [0.15, 0.2) is 12.7 Å². The first-order chi connectivity index (χ1) is 9.56. The summed E-state index contributed by atoms with van der Waals surface area (Å²) in [4.78, 5) is 29.9. The molecule has 21 heavy (non-hydrogen) atoms. The molecule has 2 atom stereocenters. The molecule has 1 fully saturated rings. The van der Waals surface area contributed by atoms with Crippen LogP contribution < -0.4 is 0 Å². The van der Waals surface area contributed by atoms with E-state index in [0.29, 0.717) is 6.42 Å². The average molecular weight is 343 g/mol. The minimum absolute atomic E-state index is 0.0950. The predicted molar refractivity (Wildman–Crippen MR) is 77.9 cm³/mol. The molecule has 0 aromatic carbocycles. The van der Waals surface area contributed by atoms with Gasteiger partial charge in [0.15, 0.2) is 0 Å². The second kappa shape index (κ2) is 7.02. The lowest BCUT2D eigenvalue weighted by molar-refractivity contribution is -0.0200. The van der Waals surface area contributed by atoms with Crippen LogP contribution in [0.2, 0.25) is 0 Å². The first-order valence-electron chi connectivity index (χ1n) is 6.65. The molecule has 0 saturated carbocycles. The summed E-state index contributed by atoms with van der Waals surface area (Å²) in [7, 11) is -9.36. The Morgan fingerprint density at radius 3 is 2.24 bits per heavy atom. The third-order valence-corrected chi connectivity index (χ3v) is 7.73. The number of nitrogens with zero attached hydrogens (tertiary/aromatic N) is 1. The van der Waals surface area contributed by atoms with Gasteiger partial charge in [0, 0.05) is 13.1 Å². The smallest absolute Gasteiger partial charge is 0.357 e. The third-order valence-electron chi connectivity index (χ3n) is 3.49. The molecule has 1 rings (SSSR count). The molecule has 1 aliphatic heterocycles. The summed E-state index contributed by atoms with van der Waals surface area (Å²) in [5, 5.41) is 10.2. The second-order valence-electron chi connectivity index (χ2n) is 5.17. The number of hydrogen-bond acceptors (Lipinski definition) is 5. The Morgan fingerprint density at radius 1 is 1.33 bits per heavy atom. The Hall–Kier alpha value is -0.0400. The molecule has 124 valence electrons. The van der Waals surface area contributed by atoms with E-state index in [-0.39, 0.29) is 32.5 Å². The summed E-state index contributed by atoms with van der Waals surface area (Å²) < 4.78 is 28.3. The fraction of sp³-hybridized carbons (Fsp3) is 0.818. The van der Waals surface area contributed by atoms with Crippen LogP contribution in [0.1, 0.15) is 26.2 Å². The molecule has 0 spiro atoms. The van der Waals surface area contributed by atoms with Crippen molar-refractivity contribution in [2.75, 3.05) is 19.7 Å². The summed E-state index contributed by atoms with van der Waals surface area (Å²) in [5.41, 5.74) is -2.87. The van der Waals surface area contributed by atoms with Gasteiger partial charge in [-0.05, 0) is 26.2 Å². The van der Waals surface area contributed by atoms with Gasteiger partial charge < -0.3 is 24.3 Å². The molecule has 10 heteroatoms. The highest BCUT2D eigenvalue weighted by atomic mass is 31.2. The SMILES string of the molecule is C=CCC1(O)CCN(C(P(=O)(O)O)P(=O)(O)OCC)CC1. The van der Waals surface area contributed by atoms with Crippen molar-refractivity contribution in [2.24, 2.45) is 0 Å². The second-order valence-corrected chi connectivity index (χ2v) is 9.12. The van der Waals surface area contributed by atoms with Crippen molar-refractivity contribution in [3.05, 3.63) is 12.7 Å². The zero-order valence-electron chi connectivity index (χ0n) is 12.0. The van der Waals surface area contributed by atoms with Gasteiger partial charge in [-0.15, -0.1) is 6.58 Å².